The van der Waals surface area contributed by atoms with Crippen LogP contribution in [0.4, 0.5) is 10.2 Å². The molecule has 8 nitrogen and oxygen atoms in total. The van der Waals surface area contributed by atoms with E-state index in [0.29, 0.717) is 29.9 Å². The molecule has 3 N–H and O–H groups in total. The number of carbonyl (C=O) groups excluding carboxylic acids is 1. The first-order valence-corrected chi connectivity index (χ1v) is 12.2. The topological polar surface area (TPSA) is 111 Å². The second kappa shape index (κ2) is 8.95. The number of benzene rings is 1. The summed E-state index contributed by atoms with van der Waals surface area (Å²) < 4.78 is 14.6. The molecule has 0 radical (unpaired) electrons. The van der Waals surface area contributed by atoms with Gasteiger partial charge in [0.2, 0.25) is 0 Å². The monoisotopic (exact) mass is 481 g/mol. The Labute approximate surface area is 204 Å². The Morgan fingerprint density at radius 3 is 2.74 bits per heavy atom. The van der Waals surface area contributed by atoms with E-state index in [9.17, 15) is 19.4 Å². The number of likely N-dealkylation sites (tertiary alicyclic amines) is 1. The van der Waals surface area contributed by atoms with Crippen LogP contribution in [0.3, 0.4) is 0 Å². The fourth-order valence-electron chi connectivity index (χ4n) is 5.57. The number of aliphatic hydroxyl groups is 2. The highest BCUT2D eigenvalue weighted by Crippen LogP contribution is 2.38. The molecule has 2 aromatic rings. The van der Waals surface area contributed by atoms with Gasteiger partial charge in [-0.05, 0) is 45.1 Å². The van der Waals surface area contributed by atoms with Gasteiger partial charge in [-0.1, -0.05) is 29.8 Å². The number of carbonyl (C=O) groups is 1. The molecule has 2 fully saturated rings. The van der Waals surface area contributed by atoms with Crippen LogP contribution in [-0.2, 0) is 11.3 Å². The van der Waals surface area contributed by atoms with Crippen LogP contribution in [0.1, 0.15) is 61.5 Å². The Balaban J connectivity index is 1.41. The molecule has 0 spiro atoms. The molecule has 2 aliphatic heterocycles. The Morgan fingerprint density at radius 2 is 2.03 bits per heavy atom. The van der Waals surface area contributed by atoms with Gasteiger partial charge in [-0.25, -0.2) is 14.4 Å². The van der Waals surface area contributed by atoms with Crippen LogP contribution >= 0.6 is 0 Å². The van der Waals surface area contributed by atoms with Gasteiger partial charge < -0.3 is 20.4 Å². The van der Waals surface area contributed by atoms with E-state index in [1.807, 2.05) is 31.2 Å². The first-order valence-electron chi connectivity index (χ1n) is 12.2. The largest absolute Gasteiger partial charge is 0.391 e. The number of aliphatic imine (C=N–C) groups is 1. The zero-order chi connectivity index (χ0) is 24.9. The number of hydrogen-bond donors (Lipinski definition) is 3. The average molecular weight is 482 g/mol. The Kier molecular flexibility index (Phi) is 6.09. The highest BCUT2D eigenvalue weighted by Gasteiger charge is 2.43. The maximum absolute atomic E-state index is 14.6. The van der Waals surface area contributed by atoms with Crippen LogP contribution in [0.5, 0.6) is 0 Å². The van der Waals surface area contributed by atoms with Crippen molar-refractivity contribution in [1.82, 2.24) is 14.9 Å². The summed E-state index contributed by atoms with van der Waals surface area (Å²) in [5.74, 6) is 0.0265. The smallest absolute Gasteiger partial charge is 0.273 e. The summed E-state index contributed by atoms with van der Waals surface area (Å²) in [5.41, 5.74) is 2.42. The van der Waals surface area contributed by atoms with Gasteiger partial charge in [-0.3, -0.25) is 9.79 Å². The number of aliphatic hydroxyl groups excluding tert-OH is 1. The van der Waals surface area contributed by atoms with Crippen molar-refractivity contribution in [3.05, 3.63) is 53.0 Å². The lowest BCUT2D eigenvalue weighted by molar-refractivity contribution is -0.125. The van der Waals surface area contributed by atoms with Gasteiger partial charge in [0.25, 0.3) is 5.91 Å². The lowest BCUT2D eigenvalue weighted by atomic mass is 9.89. The van der Waals surface area contributed by atoms with Gasteiger partial charge in [0.1, 0.15) is 24.0 Å². The Morgan fingerprint density at radius 1 is 1.23 bits per heavy atom. The van der Waals surface area contributed by atoms with Crippen molar-refractivity contribution in [2.75, 3.05) is 11.9 Å². The zero-order valence-corrected chi connectivity index (χ0v) is 20.3. The molecule has 0 unspecified atom stereocenters. The van der Waals surface area contributed by atoms with E-state index in [4.69, 9.17) is 0 Å². The fraction of sp³-hybridized carbons (Fsp3) is 0.538. The molecule has 1 aromatic carbocycles. The van der Waals surface area contributed by atoms with Gasteiger partial charge >= 0.3 is 0 Å². The highest BCUT2D eigenvalue weighted by molar-refractivity contribution is 6.47. The highest BCUT2D eigenvalue weighted by atomic mass is 19.1. The van der Waals surface area contributed by atoms with Gasteiger partial charge in [-0.2, -0.15) is 0 Å². The summed E-state index contributed by atoms with van der Waals surface area (Å²) in [5, 5.41) is 24.3. The van der Waals surface area contributed by atoms with Crippen molar-refractivity contribution < 1.29 is 19.4 Å². The number of fused-ring (bicyclic) bond motifs is 1. The lowest BCUT2D eigenvalue weighted by Gasteiger charge is -2.26. The minimum atomic E-state index is -1.11. The molecule has 1 saturated carbocycles. The summed E-state index contributed by atoms with van der Waals surface area (Å²) in [6, 6.07) is 7.12. The second-order valence-electron chi connectivity index (χ2n) is 10.6. The molecule has 1 aliphatic carbocycles. The third kappa shape index (κ3) is 4.54. The van der Waals surface area contributed by atoms with Gasteiger partial charge in [0.15, 0.2) is 0 Å². The summed E-state index contributed by atoms with van der Waals surface area (Å²) in [7, 11) is 0. The quantitative estimate of drug-likeness (QED) is 0.606. The summed E-state index contributed by atoms with van der Waals surface area (Å²) in [6.45, 7) is 5.73. The number of alkyl halides is 1. The van der Waals surface area contributed by atoms with E-state index in [-0.39, 0.29) is 49.1 Å². The van der Waals surface area contributed by atoms with E-state index >= 15 is 0 Å². The summed E-state index contributed by atoms with van der Waals surface area (Å²) in [6.07, 6.45) is 0.932. The molecular formula is C26H32FN5O3. The minimum Gasteiger partial charge on any atom is -0.391 e. The minimum absolute atomic E-state index is 0.0108. The molecule has 1 saturated heterocycles. The first-order chi connectivity index (χ1) is 16.6. The Bertz CT molecular complexity index is 1160. The van der Waals surface area contributed by atoms with Crippen molar-refractivity contribution in [3.8, 4) is 0 Å². The third-order valence-electron chi connectivity index (χ3n) is 7.54. The summed E-state index contributed by atoms with van der Waals surface area (Å²) in [4.78, 5) is 28.5. The number of hydrogen-bond acceptors (Lipinski definition) is 7. The number of nitrogens with one attached hydrogen (secondary N) is 1. The molecule has 1 amide bonds. The maximum atomic E-state index is 14.6. The summed E-state index contributed by atoms with van der Waals surface area (Å²) >= 11 is 0. The van der Waals surface area contributed by atoms with Gasteiger partial charge in [0.05, 0.1) is 48.1 Å². The van der Waals surface area contributed by atoms with Crippen LogP contribution in [0.2, 0.25) is 0 Å². The molecule has 35 heavy (non-hydrogen) atoms. The van der Waals surface area contributed by atoms with E-state index in [1.165, 1.54) is 6.33 Å². The van der Waals surface area contributed by atoms with Crippen LogP contribution in [0.15, 0.2) is 35.6 Å². The maximum Gasteiger partial charge on any atom is 0.273 e. The number of halogens is 1. The number of rotatable bonds is 5. The Hall–Kier alpha value is -2.91. The normalized spacial score (nSPS) is 28.2. The van der Waals surface area contributed by atoms with E-state index < -0.39 is 17.9 Å². The molecule has 3 heterocycles. The molecule has 186 valence electrons. The van der Waals surface area contributed by atoms with Crippen LogP contribution in [-0.4, -0.2) is 67.2 Å². The van der Waals surface area contributed by atoms with Crippen molar-refractivity contribution in [2.45, 2.75) is 76.5 Å². The number of nitrogens with zero attached hydrogens (tertiary/aromatic N) is 4. The van der Waals surface area contributed by atoms with Crippen LogP contribution < -0.4 is 5.32 Å². The van der Waals surface area contributed by atoms with Crippen LogP contribution in [0, 0.1) is 12.8 Å². The molecule has 9 heteroatoms. The third-order valence-corrected chi connectivity index (χ3v) is 7.54. The van der Waals surface area contributed by atoms with Gasteiger partial charge in [0, 0.05) is 6.42 Å². The molecular weight excluding hydrogens is 449 g/mol. The van der Waals surface area contributed by atoms with Gasteiger partial charge in [-0.15, -0.1) is 0 Å². The molecule has 1 aromatic heterocycles. The number of anilines is 1. The number of amides is 1. The first kappa shape index (κ1) is 23.8. The number of aryl methyl sites for hydroxylation is 1. The van der Waals surface area contributed by atoms with E-state index in [1.54, 1.807) is 18.7 Å². The van der Waals surface area contributed by atoms with Crippen molar-refractivity contribution >= 4 is 17.4 Å². The molecule has 3 aliphatic rings. The number of aromatic nitrogens is 2. The molecule has 5 atom stereocenters. The lowest BCUT2D eigenvalue weighted by Crippen LogP contribution is -2.37. The predicted molar refractivity (Wildman–Crippen MR) is 130 cm³/mol. The van der Waals surface area contributed by atoms with E-state index in [2.05, 4.69) is 20.3 Å². The van der Waals surface area contributed by atoms with E-state index in [0.717, 1.165) is 11.1 Å². The SMILES string of the molecule is Cc1cccc([C@H]2C[C@H](F)CN2C(=O)C2=NCc3ncnc(N[C@@H]4C[C@@H](C(C)(C)O)C[C@H]4O)c32)c1. The van der Waals surface area contributed by atoms with Crippen molar-refractivity contribution in [1.29, 1.82) is 0 Å². The molecule has 0 bridgehead atoms. The second-order valence-corrected chi connectivity index (χ2v) is 10.6. The predicted octanol–water partition coefficient (Wildman–Crippen LogP) is 2.72. The standard InChI is InChI=1S/C26H32FN5O3/c1-14-5-4-6-15(7-14)20-10-17(27)12-32(20)25(34)23-22-19(11-28-23)29-13-30-24(22)31-18-8-16(9-21(18)33)26(2,3)35/h4-7,13,16-18,20-21,33,35H,8-12H2,1-3H3,(H,29,30,31)/t16-,17+,18-,20-,21-/m1/s1. The zero-order valence-electron chi connectivity index (χ0n) is 20.3. The van der Waals surface area contributed by atoms with Crippen LogP contribution in [0.25, 0.3) is 0 Å². The van der Waals surface area contributed by atoms with Crippen molar-refractivity contribution in [3.63, 3.8) is 0 Å². The fourth-order valence-corrected chi connectivity index (χ4v) is 5.57. The molecule has 5 rings (SSSR count). The van der Waals surface area contributed by atoms with Crippen molar-refractivity contribution in [2.24, 2.45) is 10.9 Å². The average Bonchev–Trinajstić information content (AvgIpc) is 3.50.